The summed E-state index contributed by atoms with van der Waals surface area (Å²) >= 11 is 0. The van der Waals surface area contributed by atoms with Crippen molar-refractivity contribution in [3.05, 3.63) is 17.0 Å². The number of rotatable bonds is 4. The molecule has 0 radical (unpaired) electrons. The van der Waals surface area contributed by atoms with Crippen LogP contribution in [0.4, 0.5) is 19.0 Å². The summed E-state index contributed by atoms with van der Waals surface area (Å²) in [5, 5.41) is 14.6. The van der Waals surface area contributed by atoms with Crippen molar-refractivity contribution >= 4 is 11.5 Å². The number of alkyl halides is 3. The van der Waals surface area contributed by atoms with Gasteiger partial charge in [-0.15, -0.1) is 15.3 Å². The SMILES string of the molecule is CCOC1CC(Nc2nn3c(C(F)(F)F)nnc3c(C)c2C)C12CCOCC2. The molecule has 154 valence electrons. The predicted molar refractivity (Wildman–Crippen MR) is 95.2 cm³/mol. The Labute approximate surface area is 160 Å². The minimum Gasteiger partial charge on any atom is -0.381 e. The fraction of sp³-hybridized carbons (Fsp3) is 0.722. The molecule has 1 saturated carbocycles. The first-order valence-electron chi connectivity index (χ1n) is 9.53. The van der Waals surface area contributed by atoms with E-state index in [9.17, 15) is 13.2 Å². The molecule has 0 bridgehead atoms. The number of nitrogens with one attached hydrogen (secondary N) is 1. The van der Waals surface area contributed by atoms with Crippen molar-refractivity contribution in [2.75, 3.05) is 25.1 Å². The van der Waals surface area contributed by atoms with Crippen LogP contribution in [0.25, 0.3) is 5.65 Å². The summed E-state index contributed by atoms with van der Waals surface area (Å²) in [6.07, 6.45) is -1.99. The smallest absolute Gasteiger partial charge is 0.381 e. The first kappa shape index (κ1) is 19.4. The molecule has 1 aliphatic carbocycles. The van der Waals surface area contributed by atoms with Gasteiger partial charge >= 0.3 is 6.18 Å². The lowest BCUT2D eigenvalue weighted by Gasteiger charge is -2.57. The number of nitrogens with zero attached hydrogens (tertiary/aromatic N) is 4. The van der Waals surface area contributed by atoms with Gasteiger partial charge in [-0.05, 0) is 45.6 Å². The second kappa shape index (κ2) is 6.84. The number of fused-ring (bicyclic) bond motifs is 1. The summed E-state index contributed by atoms with van der Waals surface area (Å²) < 4.78 is 52.0. The van der Waals surface area contributed by atoms with Crippen LogP contribution in [0.5, 0.6) is 0 Å². The van der Waals surface area contributed by atoms with Crippen LogP contribution in [0, 0.1) is 19.3 Å². The fourth-order valence-corrected chi connectivity index (χ4v) is 4.41. The van der Waals surface area contributed by atoms with Gasteiger partial charge in [-0.2, -0.15) is 17.7 Å². The molecule has 1 aliphatic heterocycles. The molecule has 10 heteroatoms. The maximum Gasteiger partial charge on any atom is 0.453 e. The Bertz CT molecular complexity index is 876. The van der Waals surface area contributed by atoms with Gasteiger partial charge in [-0.3, -0.25) is 0 Å². The Morgan fingerprint density at radius 3 is 2.57 bits per heavy atom. The molecular weight excluding hydrogens is 375 g/mol. The molecule has 2 fully saturated rings. The molecule has 1 spiro atoms. The quantitative estimate of drug-likeness (QED) is 0.852. The van der Waals surface area contributed by atoms with Gasteiger partial charge in [-0.1, -0.05) is 0 Å². The summed E-state index contributed by atoms with van der Waals surface area (Å²) in [6, 6.07) is 0.0711. The predicted octanol–water partition coefficient (Wildman–Crippen LogP) is 3.15. The van der Waals surface area contributed by atoms with Crippen LogP contribution in [0.15, 0.2) is 0 Å². The van der Waals surface area contributed by atoms with Crippen LogP contribution in [-0.2, 0) is 15.7 Å². The summed E-state index contributed by atoms with van der Waals surface area (Å²) in [5.74, 6) is -0.684. The van der Waals surface area contributed by atoms with Crippen molar-refractivity contribution in [3.8, 4) is 0 Å². The first-order chi connectivity index (χ1) is 13.3. The van der Waals surface area contributed by atoms with Gasteiger partial charge in [0.2, 0.25) is 0 Å². The number of anilines is 1. The van der Waals surface area contributed by atoms with Gasteiger partial charge in [0.25, 0.3) is 5.82 Å². The van der Waals surface area contributed by atoms with Gasteiger partial charge in [0.1, 0.15) is 0 Å². The minimum absolute atomic E-state index is 0.0711. The number of hydrogen-bond acceptors (Lipinski definition) is 6. The zero-order chi connectivity index (χ0) is 20.1. The van der Waals surface area contributed by atoms with Gasteiger partial charge < -0.3 is 14.8 Å². The monoisotopic (exact) mass is 399 g/mol. The van der Waals surface area contributed by atoms with Crippen molar-refractivity contribution in [1.29, 1.82) is 0 Å². The van der Waals surface area contributed by atoms with Crippen molar-refractivity contribution in [2.45, 2.75) is 58.4 Å². The molecule has 2 atom stereocenters. The van der Waals surface area contributed by atoms with E-state index in [2.05, 4.69) is 20.6 Å². The van der Waals surface area contributed by atoms with Crippen LogP contribution in [0.2, 0.25) is 0 Å². The van der Waals surface area contributed by atoms with Crippen molar-refractivity contribution < 1.29 is 22.6 Å². The van der Waals surface area contributed by atoms with Crippen LogP contribution in [0.1, 0.15) is 43.1 Å². The van der Waals surface area contributed by atoms with E-state index in [1.165, 1.54) is 0 Å². The highest BCUT2D eigenvalue weighted by atomic mass is 19.4. The number of halogens is 3. The zero-order valence-electron chi connectivity index (χ0n) is 16.1. The molecule has 2 aromatic heterocycles. The van der Waals surface area contributed by atoms with Crippen molar-refractivity contribution in [3.63, 3.8) is 0 Å². The van der Waals surface area contributed by atoms with Crippen LogP contribution in [0.3, 0.4) is 0 Å². The Morgan fingerprint density at radius 2 is 1.93 bits per heavy atom. The summed E-state index contributed by atoms with van der Waals surface area (Å²) in [5.41, 5.74) is 1.44. The molecule has 1 saturated heterocycles. The Balaban J connectivity index is 1.69. The lowest BCUT2D eigenvalue weighted by Crippen LogP contribution is -2.63. The standard InChI is InChI=1S/C18H24F3N5O2/c1-4-28-13-9-12(17(13)5-7-27-8-6-17)22-14-10(2)11(3)15-23-24-16(18(19,20)21)26(15)25-14/h12-13H,4-9H2,1-3H3,(H,22,25). The van der Waals surface area contributed by atoms with E-state index < -0.39 is 12.0 Å². The lowest BCUT2D eigenvalue weighted by atomic mass is 9.57. The third kappa shape index (κ3) is 2.93. The van der Waals surface area contributed by atoms with E-state index in [1.54, 1.807) is 6.92 Å². The Kier molecular flexibility index (Phi) is 4.73. The average molecular weight is 399 g/mol. The second-order valence-electron chi connectivity index (χ2n) is 7.58. The highest BCUT2D eigenvalue weighted by Gasteiger charge is 2.56. The third-order valence-electron chi connectivity index (χ3n) is 6.23. The van der Waals surface area contributed by atoms with Gasteiger partial charge in [0, 0.05) is 36.8 Å². The lowest BCUT2D eigenvalue weighted by molar-refractivity contribution is -0.159. The zero-order valence-corrected chi connectivity index (χ0v) is 16.1. The molecule has 1 N–H and O–H groups in total. The highest BCUT2D eigenvalue weighted by molar-refractivity contribution is 5.59. The average Bonchev–Trinajstić information content (AvgIpc) is 3.10. The Morgan fingerprint density at radius 1 is 1.21 bits per heavy atom. The van der Waals surface area contributed by atoms with Gasteiger partial charge in [0.15, 0.2) is 11.5 Å². The van der Waals surface area contributed by atoms with E-state index in [4.69, 9.17) is 9.47 Å². The third-order valence-corrected chi connectivity index (χ3v) is 6.23. The summed E-state index contributed by atoms with van der Waals surface area (Å²) in [4.78, 5) is 0. The van der Waals surface area contributed by atoms with Gasteiger partial charge in [-0.25, -0.2) is 0 Å². The fourth-order valence-electron chi connectivity index (χ4n) is 4.41. The first-order valence-corrected chi connectivity index (χ1v) is 9.53. The van der Waals surface area contributed by atoms with E-state index in [0.29, 0.717) is 31.2 Å². The Hall–Kier alpha value is -1.94. The molecule has 2 aromatic rings. The molecule has 3 heterocycles. The number of hydrogen-bond donors (Lipinski definition) is 1. The topological polar surface area (TPSA) is 73.6 Å². The number of aromatic nitrogens is 4. The van der Waals surface area contributed by atoms with Crippen LogP contribution < -0.4 is 5.32 Å². The second-order valence-corrected chi connectivity index (χ2v) is 7.58. The molecule has 2 unspecified atom stereocenters. The largest absolute Gasteiger partial charge is 0.453 e. The summed E-state index contributed by atoms with van der Waals surface area (Å²) in [7, 11) is 0. The number of ether oxygens (including phenoxy) is 2. The maximum atomic E-state index is 13.3. The molecule has 0 amide bonds. The van der Waals surface area contributed by atoms with E-state index in [0.717, 1.165) is 29.3 Å². The minimum atomic E-state index is -4.62. The highest BCUT2D eigenvalue weighted by Crippen LogP contribution is 2.51. The molecule has 28 heavy (non-hydrogen) atoms. The van der Waals surface area contributed by atoms with Crippen molar-refractivity contribution in [1.82, 2.24) is 19.8 Å². The maximum absolute atomic E-state index is 13.3. The number of aryl methyl sites for hydroxylation is 1. The van der Waals surface area contributed by atoms with E-state index in [-0.39, 0.29) is 23.2 Å². The molecule has 7 nitrogen and oxygen atoms in total. The summed E-state index contributed by atoms with van der Waals surface area (Å²) in [6.45, 7) is 7.51. The normalized spacial score (nSPS) is 24.5. The molecular formula is C18H24F3N5O2. The van der Waals surface area contributed by atoms with Crippen LogP contribution in [-0.4, -0.2) is 51.8 Å². The van der Waals surface area contributed by atoms with E-state index in [1.807, 2.05) is 13.8 Å². The van der Waals surface area contributed by atoms with Crippen molar-refractivity contribution in [2.24, 2.45) is 5.41 Å². The van der Waals surface area contributed by atoms with Gasteiger partial charge in [0.05, 0.1) is 6.10 Å². The van der Waals surface area contributed by atoms with E-state index >= 15 is 0 Å². The van der Waals surface area contributed by atoms with Crippen LogP contribution >= 0.6 is 0 Å². The molecule has 0 aromatic carbocycles. The molecule has 2 aliphatic rings. The molecule has 4 rings (SSSR count).